The minimum atomic E-state index is 0.584. The highest BCUT2D eigenvalue weighted by Crippen LogP contribution is 2.03. The Kier molecular flexibility index (Phi) is 5.21. The largest absolute Gasteiger partial charge is 0.399 e. The maximum Gasteiger partial charge on any atom is 0.0314 e. The van der Waals surface area contributed by atoms with Crippen LogP contribution in [0.15, 0.2) is 24.3 Å². The van der Waals surface area contributed by atoms with Gasteiger partial charge in [0.15, 0.2) is 0 Å². The second-order valence-corrected chi connectivity index (χ2v) is 1.95. The molecular formula is C9H16N2. The molecular weight excluding hydrogens is 136 g/mol. The van der Waals surface area contributed by atoms with Crippen molar-refractivity contribution in [3.63, 3.8) is 0 Å². The molecule has 0 atom stereocenters. The van der Waals surface area contributed by atoms with Crippen LogP contribution in [0.5, 0.6) is 0 Å². The van der Waals surface area contributed by atoms with Crippen LogP contribution in [0.2, 0.25) is 0 Å². The summed E-state index contributed by atoms with van der Waals surface area (Å²) in [7, 11) is 0. The Morgan fingerprint density at radius 3 is 1.91 bits per heavy atom. The van der Waals surface area contributed by atoms with Crippen molar-refractivity contribution in [3.8, 4) is 0 Å². The van der Waals surface area contributed by atoms with E-state index in [1.807, 2.05) is 38.1 Å². The first-order valence-electron chi connectivity index (χ1n) is 3.87. The molecule has 1 aromatic carbocycles. The number of benzene rings is 1. The van der Waals surface area contributed by atoms with Crippen molar-refractivity contribution in [2.45, 2.75) is 20.4 Å². The zero-order valence-electron chi connectivity index (χ0n) is 7.17. The zero-order chi connectivity index (χ0) is 8.69. The van der Waals surface area contributed by atoms with E-state index in [0.29, 0.717) is 6.54 Å². The van der Waals surface area contributed by atoms with Crippen molar-refractivity contribution in [3.05, 3.63) is 29.8 Å². The van der Waals surface area contributed by atoms with Gasteiger partial charge < -0.3 is 11.5 Å². The van der Waals surface area contributed by atoms with Gasteiger partial charge in [0.1, 0.15) is 0 Å². The fourth-order valence-electron chi connectivity index (χ4n) is 0.654. The average Bonchev–Trinajstić information content (AvgIpc) is 2.10. The van der Waals surface area contributed by atoms with E-state index in [4.69, 9.17) is 11.5 Å². The van der Waals surface area contributed by atoms with Crippen LogP contribution >= 0.6 is 0 Å². The van der Waals surface area contributed by atoms with E-state index in [9.17, 15) is 0 Å². The summed E-state index contributed by atoms with van der Waals surface area (Å²) in [4.78, 5) is 0. The molecule has 0 saturated heterocycles. The van der Waals surface area contributed by atoms with Gasteiger partial charge in [0, 0.05) is 12.2 Å². The summed E-state index contributed by atoms with van der Waals surface area (Å²) in [6, 6.07) is 7.55. The first kappa shape index (κ1) is 9.98. The molecule has 0 aliphatic rings. The summed E-state index contributed by atoms with van der Waals surface area (Å²) in [5, 5.41) is 0. The summed E-state index contributed by atoms with van der Waals surface area (Å²) >= 11 is 0. The van der Waals surface area contributed by atoms with Gasteiger partial charge in [-0.05, 0) is 17.7 Å². The molecule has 2 heteroatoms. The summed E-state index contributed by atoms with van der Waals surface area (Å²) in [5.41, 5.74) is 12.7. The maximum absolute atomic E-state index is 5.44. The number of hydrogen-bond acceptors (Lipinski definition) is 2. The van der Waals surface area contributed by atoms with Crippen molar-refractivity contribution >= 4 is 5.69 Å². The van der Waals surface area contributed by atoms with Gasteiger partial charge in [0.25, 0.3) is 0 Å². The van der Waals surface area contributed by atoms with Crippen LogP contribution in [-0.2, 0) is 6.54 Å². The summed E-state index contributed by atoms with van der Waals surface area (Å²) in [6.07, 6.45) is 0. The molecule has 0 bridgehead atoms. The molecule has 0 saturated carbocycles. The fraction of sp³-hybridized carbons (Fsp3) is 0.333. The number of hydrogen-bond donors (Lipinski definition) is 2. The minimum absolute atomic E-state index is 0.584. The van der Waals surface area contributed by atoms with Crippen molar-refractivity contribution < 1.29 is 0 Å². The van der Waals surface area contributed by atoms with E-state index in [-0.39, 0.29) is 0 Å². The molecule has 0 fully saturated rings. The third-order valence-corrected chi connectivity index (χ3v) is 1.22. The van der Waals surface area contributed by atoms with Crippen LogP contribution < -0.4 is 11.5 Å². The number of anilines is 1. The van der Waals surface area contributed by atoms with Crippen LogP contribution in [0.1, 0.15) is 19.4 Å². The van der Waals surface area contributed by atoms with Gasteiger partial charge in [-0.1, -0.05) is 26.0 Å². The van der Waals surface area contributed by atoms with Gasteiger partial charge in [0.05, 0.1) is 0 Å². The molecule has 0 amide bonds. The second kappa shape index (κ2) is 5.74. The molecule has 0 aliphatic carbocycles. The molecule has 0 heterocycles. The molecule has 2 nitrogen and oxygen atoms in total. The smallest absolute Gasteiger partial charge is 0.0314 e. The van der Waals surface area contributed by atoms with Gasteiger partial charge in [-0.15, -0.1) is 0 Å². The van der Waals surface area contributed by atoms with Gasteiger partial charge in [-0.3, -0.25) is 0 Å². The van der Waals surface area contributed by atoms with Crippen LogP contribution in [0.3, 0.4) is 0 Å². The third-order valence-electron chi connectivity index (χ3n) is 1.22. The Morgan fingerprint density at radius 1 is 1.09 bits per heavy atom. The molecule has 0 aliphatic heterocycles. The predicted octanol–water partition coefficient (Wildman–Crippen LogP) is 1.75. The number of nitrogens with two attached hydrogens (primary N) is 2. The topological polar surface area (TPSA) is 52.0 Å². The zero-order valence-corrected chi connectivity index (χ0v) is 7.17. The molecule has 0 unspecified atom stereocenters. The first-order valence-corrected chi connectivity index (χ1v) is 3.87. The standard InChI is InChI=1S/C7H10N2.C2H6/c8-5-6-1-3-7(9)4-2-6;1-2/h1-4H,5,8-9H2;1-2H3. The normalized spacial score (nSPS) is 8.27. The highest BCUT2D eigenvalue weighted by Gasteiger charge is 1.85. The van der Waals surface area contributed by atoms with Gasteiger partial charge in [-0.25, -0.2) is 0 Å². The SMILES string of the molecule is CC.NCc1ccc(N)cc1. The Hall–Kier alpha value is -1.02. The molecule has 62 valence electrons. The molecule has 1 rings (SSSR count). The Bertz CT molecular complexity index is 179. The van der Waals surface area contributed by atoms with Gasteiger partial charge in [-0.2, -0.15) is 0 Å². The van der Waals surface area contributed by atoms with Crippen LogP contribution in [-0.4, -0.2) is 0 Å². The van der Waals surface area contributed by atoms with Crippen LogP contribution in [0.25, 0.3) is 0 Å². The number of rotatable bonds is 1. The Morgan fingerprint density at radius 2 is 1.55 bits per heavy atom. The quantitative estimate of drug-likeness (QED) is 0.602. The predicted molar refractivity (Wildman–Crippen MR) is 50.1 cm³/mol. The third kappa shape index (κ3) is 3.63. The Labute approximate surface area is 68.2 Å². The summed E-state index contributed by atoms with van der Waals surface area (Å²) in [5.74, 6) is 0. The van der Waals surface area contributed by atoms with Crippen molar-refractivity contribution in [1.82, 2.24) is 0 Å². The molecule has 0 aromatic heterocycles. The second-order valence-electron chi connectivity index (χ2n) is 1.95. The van der Waals surface area contributed by atoms with Crippen LogP contribution in [0, 0.1) is 0 Å². The van der Waals surface area contributed by atoms with E-state index in [1.165, 1.54) is 0 Å². The lowest BCUT2D eigenvalue weighted by molar-refractivity contribution is 1.07. The maximum atomic E-state index is 5.44. The van der Waals surface area contributed by atoms with E-state index < -0.39 is 0 Å². The van der Waals surface area contributed by atoms with Gasteiger partial charge >= 0.3 is 0 Å². The highest BCUT2D eigenvalue weighted by atomic mass is 14.5. The molecule has 4 N–H and O–H groups in total. The number of nitrogen functional groups attached to an aromatic ring is 1. The summed E-state index contributed by atoms with van der Waals surface area (Å²) in [6.45, 7) is 4.58. The van der Waals surface area contributed by atoms with Gasteiger partial charge in [0.2, 0.25) is 0 Å². The Balaban J connectivity index is 0.000000461. The van der Waals surface area contributed by atoms with E-state index in [0.717, 1.165) is 11.3 Å². The van der Waals surface area contributed by atoms with Crippen molar-refractivity contribution in [1.29, 1.82) is 0 Å². The monoisotopic (exact) mass is 152 g/mol. The lowest BCUT2D eigenvalue weighted by atomic mass is 10.2. The molecule has 0 spiro atoms. The average molecular weight is 152 g/mol. The lowest BCUT2D eigenvalue weighted by Gasteiger charge is -1.94. The molecule has 11 heavy (non-hydrogen) atoms. The minimum Gasteiger partial charge on any atom is -0.399 e. The van der Waals surface area contributed by atoms with E-state index in [1.54, 1.807) is 0 Å². The fourth-order valence-corrected chi connectivity index (χ4v) is 0.654. The van der Waals surface area contributed by atoms with Crippen molar-refractivity contribution in [2.24, 2.45) is 5.73 Å². The lowest BCUT2D eigenvalue weighted by Crippen LogP contribution is -1.95. The summed E-state index contributed by atoms with van der Waals surface area (Å²) < 4.78 is 0. The first-order chi connectivity index (χ1) is 5.33. The van der Waals surface area contributed by atoms with Crippen LogP contribution in [0.4, 0.5) is 5.69 Å². The highest BCUT2D eigenvalue weighted by molar-refractivity contribution is 5.39. The molecule has 0 radical (unpaired) electrons. The van der Waals surface area contributed by atoms with Crippen molar-refractivity contribution in [2.75, 3.05) is 5.73 Å². The van der Waals surface area contributed by atoms with E-state index >= 15 is 0 Å². The molecule has 1 aromatic rings. The van der Waals surface area contributed by atoms with E-state index in [2.05, 4.69) is 0 Å².